The largest absolute Gasteiger partial charge is 0.438 e. The van der Waals surface area contributed by atoms with Crippen molar-refractivity contribution in [2.75, 3.05) is 5.32 Å². The van der Waals surface area contributed by atoms with Crippen LogP contribution in [0.1, 0.15) is 10.4 Å². The van der Waals surface area contributed by atoms with E-state index in [2.05, 4.69) is 20.6 Å². The third-order valence-electron chi connectivity index (χ3n) is 3.98. The first kappa shape index (κ1) is 19.1. The van der Waals surface area contributed by atoms with Gasteiger partial charge >= 0.3 is 0 Å². The van der Waals surface area contributed by atoms with Crippen molar-refractivity contribution in [3.05, 3.63) is 90.0 Å². The standard InChI is InChI=1S/C20H12F3N5O2/c21-15-7-6-14(18(22)19(15)23)20(29)25-12-2-4-13(5-3-12)30-17-9-8-16(26-27-17)28-11-1-10-24-28/h1-11H,(H,25,29). The zero-order valence-corrected chi connectivity index (χ0v) is 15.1. The van der Waals surface area contributed by atoms with E-state index < -0.39 is 28.9 Å². The molecule has 4 rings (SSSR count). The van der Waals surface area contributed by atoms with E-state index in [-0.39, 0.29) is 5.88 Å². The van der Waals surface area contributed by atoms with Gasteiger partial charge in [0, 0.05) is 24.1 Å². The first-order valence-electron chi connectivity index (χ1n) is 8.58. The summed E-state index contributed by atoms with van der Waals surface area (Å²) in [4.78, 5) is 12.1. The van der Waals surface area contributed by atoms with Crippen molar-refractivity contribution < 1.29 is 22.7 Å². The SMILES string of the molecule is O=C(Nc1ccc(Oc2ccc(-n3cccn3)nn2)cc1)c1ccc(F)c(F)c1F. The Balaban J connectivity index is 1.42. The second-order valence-corrected chi connectivity index (χ2v) is 5.98. The molecule has 0 aliphatic carbocycles. The summed E-state index contributed by atoms with van der Waals surface area (Å²) < 4.78 is 47.1. The van der Waals surface area contributed by atoms with E-state index in [1.54, 1.807) is 47.4 Å². The monoisotopic (exact) mass is 411 g/mol. The van der Waals surface area contributed by atoms with Crippen LogP contribution in [0, 0.1) is 17.5 Å². The third kappa shape index (κ3) is 3.97. The molecule has 2 heterocycles. The van der Waals surface area contributed by atoms with Crippen LogP contribution in [-0.4, -0.2) is 25.9 Å². The number of hydrogen-bond acceptors (Lipinski definition) is 5. The van der Waals surface area contributed by atoms with Crippen LogP contribution in [0.2, 0.25) is 0 Å². The smallest absolute Gasteiger partial charge is 0.258 e. The van der Waals surface area contributed by atoms with Gasteiger partial charge in [0.2, 0.25) is 5.88 Å². The zero-order chi connectivity index (χ0) is 21.1. The number of carbonyl (C=O) groups is 1. The molecule has 0 aliphatic heterocycles. The molecule has 7 nitrogen and oxygen atoms in total. The molecule has 0 fully saturated rings. The minimum Gasteiger partial charge on any atom is -0.438 e. The summed E-state index contributed by atoms with van der Waals surface area (Å²) >= 11 is 0. The molecule has 1 amide bonds. The highest BCUT2D eigenvalue weighted by molar-refractivity contribution is 6.04. The fourth-order valence-electron chi connectivity index (χ4n) is 2.52. The van der Waals surface area contributed by atoms with E-state index in [1.807, 2.05) is 0 Å². The van der Waals surface area contributed by atoms with Gasteiger partial charge in [0.15, 0.2) is 23.3 Å². The van der Waals surface area contributed by atoms with Gasteiger partial charge in [0.1, 0.15) is 5.75 Å². The average molecular weight is 411 g/mol. The van der Waals surface area contributed by atoms with Crippen molar-refractivity contribution >= 4 is 11.6 Å². The number of ether oxygens (including phenoxy) is 1. The van der Waals surface area contributed by atoms with Crippen LogP contribution < -0.4 is 10.1 Å². The quantitative estimate of drug-likeness (QED) is 0.500. The fourth-order valence-corrected chi connectivity index (χ4v) is 2.52. The molecule has 0 atom stereocenters. The maximum atomic E-state index is 13.7. The number of nitrogens with one attached hydrogen (secondary N) is 1. The Hall–Kier alpha value is -4.21. The van der Waals surface area contributed by atoms with Crippen LogP contribution in [0.4, 0.5) is 18.9 Å². The maximum Gasteiger partial charge on any atom is 0.258 e. The molecule has 0 radical (unpaired) electrons. The van der Waals surface area contributed by atoms with Crippen LogP contribution in [0.25, 0.3) is 5.82 Å². The number of halogens is 3. The van der Waals surface area contributed by atoms with Crippen LogP contribution in [-0.2, 0) is 0 Å². The van der Waals surface area contributed by atoms with Crippen molar-refractivity contribution in [1.29, 1.82) is 0 Å². The molecular formula is C20H12F3N5O2. The minimum absolute atomic E-state index is 0.242. The van der Waals surface area contributed by atoms with Crippen LogP contribution in [0.3, 0.4) is 0 Å². The van der Waals surface area contributed by atoms with Crippen LogP contribution in [0.5, 0.6) is 11.6 Å². The number of hydrogen-bond donors (Lipinski definition) is 1. The van der Waals surface area contributed by atoms with Crippen molar-refractivity contribution in [3.8, 4) is 17.4 Å². The number of rotatable bonds is 5. The molecular weight excluding hydrogens is 399 g/mol. The molecule has 0 unspecified atom stereocenters. The fraction of sp³-hybridized carbons (Fsp3) is 0. The van der Waals surface area contributed by atoms with Gasteiger partial charge in [-0.2, -0.15) is 5.10 Å². The Morgan fingerprint density at radius 1 is 0.933 bits per heavy atom. The molecule has 2 aromatic heterocycles. The van der Waals surface area contributed by atoms with E-state index in [0.717, 1.165) is 6.07 Å². The summed E-state index contributed by atoms with van der Waals surface area (Å²) in [6, 6.07) is 12.7. The lowest BCUT2D eigenvalue weighted by Crippen LogP contribution is -2.15. The summed E-state index contributed by atoms with van der Waals surface area (Å²) in [5, 5.41) is 14.4. The predicted octanol–water partition coefficient (Wildman–Crippen LogP) is 4.12. The molecule has 1 N–H and O–H groups in total. The van der Waals surface area contributed by atoms with Gasteiger partial charge in [0.05, 0.1) is 5.56 Å². The predicted molar refractivity (Wildman–Crippen MR) is 99.9 cm³/mol. The van der Waals surface area contributed by atoms with E-state index in [1.165, 1.54) is 12.1 Å². The molecule has 0 bridgehead atoms. The molecule has 0 saturated carbocycles. The Morgan fingerprint density at radius 3 is 2.40 bits per heavy atom. The maximum absolute atomic E-state index is 13.7. The lowest BCUT2D eigenvalue weighted by molar-refractivity contribution is 0.102. The van der Waals surface area contributed by atoms with Gasteiger partial charge in [-0.3, -0.25) is 4.79 Å². The van der Waals surface area contributed by atoms with Crippen molar-refractivity contribution in [2.24, 2.45) is 0 Å². The van der Waals surface area contributed by atoms with Crippen molar-refractivity contribution in [3.63, 3.8) is 0 Å². The lowest BCUT2D eigenvalue weighted by Gasteiger charge is -2.09. The molecule has 30 heavy (non-hydrogen) atoms. The second-order valence-electron chi connectivity index (χ2n) is 5.98. The molecule has 150 valence electrons. The number of aromatic nitrogens is 4. The van der Waals surface area contributed by atoms with Gasteiger partial charge in [0.25, 0.3) is 5.91 Å². The van der Waals surface area contributed by atoms with E-state index in [0.29, 0.717) is 23.3 Å². The van der Waals surface area contributed by atoms with E-state index >= 15 is 0 Å². The minimum atomic E-state index is -1.70. The third-order valence-corrected chi connectivity index (χ3v) is 3.98. The average Bonchev–Trinajstić information content (AvgIpc) is 3.29. The van der Waals surface area contributed by atoms with Gasteiger partial charge in [-0.25, -0.2) is 17.9 Å². The summed E-state index contributed by atoms with van der Waals surface area (Å²) in [6.07, 6.45) is 3.34. The van der Waals surface area contributed by atoms with E-state index in [4.69, 9.17) is 4.74 Å². The number of nitrogens with zero attached hydrogens (tertiary/aromatic N) is 4. The van der Waals surface area contributed by atoms with Crippen molar-refractivity contribution in [1.82, 2.24) is 20.0 Å². The van der Waals surface area contributed by atoms with Gasteiger partial charge < -0.3 is 10.1 Å². The summed E-state index contributed by atoms with van der Waals surface area (Å²) in [5.41, 5.74) is -0.307. The Morgan fingerprint density at radius 2 is 1.73 bits per heavy atom. The highest BCUT2D eigenvalue weighted by Gasteiger charge is 2.18. The van der Waals surface area contributed by atoms with Gasteiger partial charge in [-0.05, 0) is 48.5 Å². The molecule has 0 saturated heterocycles. The number of amides is 1. The first-order chi connectivity index (χ1) is 14.5. The first-order valence-corrected chi connectivity index (χ1v) is 8.58. The van der Waals surface area contributed by atoms with E-state index in [9.17, 15) is 18.0 Å². The highest BCUT2D eigenvalue weighted by Crippen LogP contribution is 2.22. The molecule has 10 heteroatoms. The van der Waals surface area contributed by atoms with Crippen LogP contribution >= 0.6 is 0 Å². The Bertz CT molecular complexity index is 1180. The summed E-state index contributed by atoms with van der Waals surface area (Å²) in [7, 11) is 0. The summed E-state index contributed by atoms with van der Waals surface area (Å²) in [6.45, 7) is 0. The summed E-state index contributed by atoms with van der Waals surface area (Å²) in [5.74, 6) is -4.36. The molecule has 4 aromatic rings. The van der Waals surface area contributed by atoms with Crippen molar-refractivity contribution in [2.45, 2.75) is 0 Å². The number of carbonyl (C=O) groups excluding carboxylic acids is 1. The number of anilines is 1. The lowest BCUT2D eigenvalue weighted by atomic mass is 10.1. The second kappa shape index (κ2) is 8.03. The Kier molecular flexibility index (Phi) is 5.12. The molecule has 0 aliphatic rings. The topological polar surface area (TPSA) is 81.9 Å². The normalized spacial score (nSPS) is 10.6. The van der Waals surface area contributed by atoms with Crippen LogP contribution in [0.15, 0.2) is 67.0 Å². The van der Waals surface area contributed by atoms with Gasteiger partial charge in [-0.15, -0.1) is 10.2 Å². The Labute approximate surface area is 167 Å². The van der Waals surface area contributed by atoms with Gasteiger partial charge in [-0.1, -0.05) is 0 Å². The molecule has 0 spiro atoms. The highest BCUT2D eigenvalue weighted by atomic mass is 19.2. The zero-order valence-electron chi connectivity index (χ0n) is 15.1. The molecule has 2 aromatic carbocycles. The number of benzene rings is 2.